The lowest BCUT2D eigenvalue weighted by molar-refractivity contribution is -0.140. The van der Waals surface area contributed by atoms with Crippen molar-refractivity contribution in [1.82, 2.24) is 20.0 Å². The molecule has 1 aliphatic heterocycles. The highest BCUT2D eigenvalue weighted by atomic mass is 19.4. The van der Waals surface area contributed by atoms with E-state index in [1.165, 1.54) is 15.6 Å². The number of hydrogen-bond donors (Lipinski definition) is 1. The molecule has 1 N–H and O–H groups in total. The number of amides is 2. The fraction of sp³-hybridized carbons (Fsp3) is 0.389. The number of hydrogen-bond acceptors (Lipinski definition) is 4. The van der Waals surface area contributed by atoms with E-state index in [-0.39, 0.29) is 5.69 Å². The third-order valence-corrected chi connectivity index (χ3v) is 4.42. The normalized spacial score (nSPS) is 16.9. The summed E-state index contributed by atoms with van der Waals surface area (Å²) in [4.78, 5) is 26.1. The third-order valence-electron chi connectivity index (χ3n) is 4.42. The Hall–Kier alpha value is -3.04. The SMILES string of the molecule is COc1ccc(-n2ccc(C(=O)N3CCCC3C(=O)NCC(F)(F)F)n2)cc1. The quantitative estimate of drug-likeness (QED) is 0.841. The van der Waals surface area contributed by atoms with Crippen molar-refractivity contribution in [2.75, 3.05) is 20.2 Å². The van der Waals surface area contributed by atoms with Gasteiger partial charge in [-0.2, -0.15) is 18.3 Å². The Morgan fingerprint density at radius 1 is 1.25 bits per heavy atom. The molecule has 28 heavy (non-hydrogen) atoms. The molecule has 1 aromatic carbocycles. The van der Waals surface area contributed by atoms with Crippen LogP contribution in [-0.4, -0.2) is 58.9 Å². The van der Waals surface area contributed by atoms with Gasteiger partial charge in [-0.1, -0.05) is 0 Å². The maximum Gasteiger partial charge on any atom is 0.405 e. The minimum Gasteiger partial charge on any atom is -0.497 e. The predicted octanol–water partition coefficient (Wildman–Crippen LogP) is 2.16. The first-order valence-corrected chi connectivity index (χ1v) is 8.64. The standard InChI is InChI=1S/C18H19F3N4O3/c1-28-13-6-4-12(5-7-13)25-10-8-14(23-25)17(27)24-9-2-3-15(24)16(26)22-11-18(19,20)21/h4-8,10,15H,2-3,9,11H2,1H3,(H,22,26). The number of carbonyl (C=O) groups is 2. The first kappa shape index (κ1) is 19.7. The molecule has 2 heterocycles. The molecule has 1 aliphatic rings. The first-order chi connectivity index (χ1) is 13.3. The Labute approximate surface area is 159 Å². The molecule has 0 bridgehead atoms. The second kappa shape index (κ2) is 7.91. The number of rotatable bonds is 5. The highest BCUT2D eigenvalue weighted by molar-refractivity contribution is 5.96. The van der Waals surface area contributed by atoms with E-state index in [1.54, 1.807) is 37.6 Å². The zero-order valence-corrected chi connectivity index (χ0v) is 15.1. The van der Waals surface area contributed by atoms with Gasteiger partial charge in [0.2, 0.25) is 5.91 Å². The van der Waals surface area contributed by atoms with Crippen molar-refractivity contribution in [3.63, 3.8) is 0 Å². The van der Waals surface area contributed by atoms with Crippen LogP contribution in [0, 0.1) is 0 Å². The Balaban J connectivity index is 1.70. The van der Waals surface area contributed by atoms with Gasteiger partial charge in [0.15, 0.2) is 5.69 Å². The van der Waals surface area contributed by atoms with Crippen LogP contribution in [0.25, 0.3) is 5.69 Å². The number of likely N-dealkylation sites (tertiary alicyclic amines) is 1. The number of aromatic nitrogens is 2. The summed E-state index contributed by atoms with van der Waals surface area (Å²) in [7, 11) is 1.55. The zero-order chi connectivity index (χ0) is 20.3. The van der Waals surface area contributed by atoms with Crippen molar-refractivity contribution < 1.29 is 27.5 Å². The van der Waals surface area contributed by atoms with E-state index in [0.29, 0.717) is 30.8 Å². The lowest BCUT2D eigenvalue weighted by Gasteiger charge is -2.23. The fourth-order valence-corrected chi connectivity index (χ4v) is 3.05. The Morgan fingerprint density at radius 3 is 2.61 bits per heavy atom. The van der Waals surface area contributed by atoms with Crippen molar-refractivity contribution in [3.05, 3.63) is 42.2 Å². The van der Waals surface area contributed by atoms with Crippen LogP contribution in [0.15, 0.2) is 36.5 Å². The number of carbonyl (C=O) groups excluding carboxylic acids is 2. The van der Waals surface area contributed by atoms with Crippen molar-refractivity contribution in [2.45, 2.75) is 25.1 Å². The summed E-state index contributed by atoms with van der Waals surface area (Å²) in [6, 6.07) is 7.61. The molecule has 0 radical (unpaired) electrons. The highest BCUT2D eigenvalue weighted by Crippen LogP contribution is 2.21. The molecule has 1 unspecified atom stereocenters. The van der Waals surface area contributed by atoms with Crippen molar-refractivity contribution in [1.29, 1.82) is 0 Å². The van der Waals surface area contributed by atoms with E-state index in [0.717, 1.165) is 0 Å². The van der Waals surface area contributed by atoms with Gasteiger partial charge in [-0.05, 0) is 43.2 Å². The van der Waals surface area contributed by atoms with Crippen LogP contribution in [0.2, 0.25) is 0 Å². The van der Waals surface area contributed by atoms with Gasteiger partial charge >= 0.3 is 6.18 Å². The molecule has 3 rings (SSSR count). The second-order valence-electron chi connectivity index (χ2n) is 6.33. The number of ether oxygens (including phenoxy) is 1. The van der Waals surface area contributed by atoms with Gasteiger partial charge in [0.05, 0.1) is 12.8 Å². The molecular weight excluding hydrogens is 377 g/mol. The van der Waals surface area contributed by atoms with E-state index >= 15 is 0 Å². The minimum absolute atomic E-state index is 0.117. The van der Waals surface area contributed by atoms with Gasteiger partial charge in [-0.3, -0.25) is 9.59 Å². The zero-order valence-electron chi connectivity index (χ0n) is 15.1. The molecule has 10 heteroatoms. The lowest BCUT2D eigenvalue weighted by Crippen LogP contribution is -2.48. The van der Waals surface area contributed by atoms with Crippen LogP contribution >= 0.6 is 0 Å². The number of nitrogens with one attached hydrogen (secondary N) is 1. The molecule has 2 aromatic rings. The van der Waals surface area contributed by atoms with Crippen LogP contribution in [0.3, 0.4) is 0 Å². The first-order valence-electron chi connectivity index (χ1n) is 8.64. The number of benzene rings is 1. The predicted molar refractivity (Wildman–Crippen MR) is 93.2 cm³/mol. The summed E-state index contributed by atoms with van der Waals surface area (Å²) in [5.74, 6) is -0.619. The Morgan fingerprint density at radius 2 is 1.96 bits per heavy atom. The van der Waals surface area contributed by atoms with Crippen LogP contribution in [0.5, 0.6) is 5.75 Å². The van der Waals surface area contributed by atoms with Crippen molar-refractivity contribution in [2.24, 2.45) is 0 Å². The summed E-state index contributed by atoms with van der Waals surface area (Å²) in [6.07, 6.45) is -2.05. The fourth-order valence-electron chi connectivity index (χ4n) is 3.05. The Kier molecular flexibility index (Phi) is 5.57. The topological polar surface area (TPSA) is 76.5 Å². The van der Waals surface area contributed by atoms with Crippen LogP contribution in [-0.2, 0) is 4.79 Å². The number of halogens is 3. The third kappa shape index (κ3) is 4.44. The number of methoxy groups -OCH3 is 1. The lowest BCUT2D eigenvalue weighted by atomic mass is 10.2. The number of alkyl halides is 3. The minimum atomic E-state index is -4.50. The highest BCUT2D eigenvalue weighted by Gasteiger charge is 2.37. The molecule has 1 saturated heterocycles. The smallest absolute Gasteiger partial charge is 0.405 e. The maximum absolute atomic E-state index is 12.7. The Bertz CT molecular complexity index is 849. The average molecular weight is 396 g/mol. The summed E-state index contributed by atoms with van der Waals surface area (Å²) in [5, 5.41) is 6.08. The molecule has 1 atom stereocenters. The summed E-state index contributed by atoms with van der Waals surface area (Å²) >= 11 is 0. The van der Waals surface area contributed by atoms with Gasteiger partial charge in [-0.25, -0.2) is 4.68 Å². The van der Waals surface area contributed by atoms with Gasteiger partial charge < -0.3 is 15.0 Å². The van der Waals surface area contributed by atoms with Crippen molar-refractivity contribution >= 4 is 11.8 Å². The van der Waals surface area contributed by atoms with Gasteiger partial charge in [0.1, 0.15) is 18.3 Å². The summed E-state index contributed by atoms with van der Waals surface area (Å²) in [6.45, 7) is -1.13. The molecule has 7 nitrogen and oxygen atoms in total. The number of nitrogens with zero attached hydrogens (tertiary/aromatic N) is 3. The van der Waals surface area contributed by atoms with Crippen LogP contribution in [0.4, 0.5) is 13.2 Å². The molecule has 150 valence electrons. The van der Waals surface area contributed by atoms with Crippen molar-refractivity contribution in [3.8, 4) is 11.4 Å². The largest absolute Gasteiger partial charge is 0.497 e. The molecule has 0 spiro atoms. The monoisotopic (exact) mass is 396 g/mol. The molecule has 1 fully saturated rings. The maximum atomic E-state index is 12.7. The molecule has 0 saturated carbocycles. The van der Waals surface area contributed by atoms with Crippen LogP contribution < -0.4 is 10.1 Å². The van der Waals surface area contributed by atoms with Gasteiger partial charge in [0, 0.05) is 12.7 Å². The second-order valence-corrected chi connectivity index (χ2v) is 6.33. The van der Waals surface area contributed by atoms with E-state index in [2.05, 4.69) is 5.10 Å². The van der Waals surface area contributed by atoms with E-state index < -0.39 is 30.6 Å². The van der Waals surface area contributed by atoms with E-state index in [9.17, 15) is 22.8 Å². The summed E-state index contributed by atoms with van der Waals surface area (Å²) < 4.78 is 43.6. The van der Waals surface area contributed by atoms with Crippen LogP contribution in [0.1, 0.15) is 23.3 Å². The molecule has 2 amide bonds. The molecule has 0 aliphatic carbocycles. The average Bonchev–Trinajstić information content (AvgIpc) is 3.35. The van der Waals surface area contributed by atoms with Gasteiger partial charge in [-0.15, -0.1) is 0 Å². The molecular formula is C18H19F3N4O3. The van der Waals surface area contributed by atoms with E-state index in [1.807, 2.05) is 5.32 Å². The van der Waals surface area contributed by atoms with Gasteiger partial charge in [0.25, 0.3) is 5.91 Å². The molecule has 1 aromatic heterocycles. The summed E-state index contributed by atoms with van der Waals surface area (Å²) in [5.41, 5.74) is 0.826. The van der Waals surface area contributed by atoms with E-state index in [4.69, 9.17) is 4.74 Å².